The van der Waals surface area contributed by atoms with Crippen molar-refractivity contribution in [2.45, 2.75) is 22.6 Å². The summed E-state index contributed by atoms with van der Waals surface area (Å²) in [5.41, 5.74) is 4.15. The van der Waals surface area contributed by atoms with Crippen molar-refractivity contribution < 1.29 is 9.59 Å². The van der Waals surface area contributed by atoms with Crippen LogP contribution in [0, 0.1) is 0 Å². The van der Waals surface area contributed by atoms with Crippen LogP contribution in [0.5, 0.6) is 0 Å². The van der Waals surface area contributed by atoms with E-state index in [9.17, 15) is 9.59 Å². The summed E-state index contributed by atoms with van der Waals surface area (Å²) in [6.45, 7) is 1.89. The average Bonchev–Trinajstić information content (AvgIpc) is 3.34. The summed E-state index contributed by atoms with van der Waals surface area (Å²) < 4.78 is 2.48. The first-order valence-electron chi connectivity index (χ1n) is 12.0. The lowest BCUT2D eigenvalue weighted by Gasteiger charge is -2.21. The van der Waals surface area contributed by atoms with Crippen molar-refractivity contribution in [3.05, 3.63) is 124 Å². The van der Waals surface area contributed by atoms with Crippen LogP contribution < -0.4 is 10.6 Å². The summed E-state index contributed by atoms with van der Waals surface area (Å²) in [5, 5.41) is 5.82. The molecule has 2 amide bonds. The van der Waals surface area contributed by atoms with Crippen LogP contribution in [-0.4, -0.2) is 22.0 Å². The molecule has 0 aliphatic heterocycles. The van der Waals surface area contributed by atoms with Crippen LogP contribution in [0.3, 0.4) is 0 Å². The van der Waals surface area contributed by atoms with Gasteiger partial charge in [-0.1, -0.05) is 84.6 Å². The molecule has 5 nitrogen and oxygen atoms in total. The molecule has 0 fully saturated rings. The Labute approximate surface area is 237 Å². The van der Waals surface area contributed by atoms with Crippen LogP contribution in [0.1, 0.15) is 34.5 Å². The number of anilines is 1. The van der Waals surface area contributed by atoms with E-state index in [4.69, 9.17) is 4.98 Å². The zero-order valence-electron chi connectivity index (χ0n) is 20.4. The molecule has 190 valence electrons. The van der Waals surface area contributed by atoms with Crippen LogP contribution in [0.4, 0.5) is 5.69 Å². The van der Waals surface area contributed by atoms with Gasteiger partial charge in [-0.05, 0) is 64.3 Å². The fourth-order valence-electron chi connectivity index (χ4n) is 3.99. The maximum absolute atomic E-state index is 13.3. The summed E-state index contributed by atoms with van der Waals surface area (Å²) in [7, 11) is 0. The number of amides is 2. The Balaban J connectivity index is 1.28. The number of nitrogens with zero attached hydrogens (tertiary/aromatic N) is 1. The van der Waals surface area contributed by atoms with Crippen molar-refractivity contribution in [1.82, 2.24) is 10.3 Å². The van der Waals surface area contributed by atoms with Crippen molar-refractivity contribution >= 4 is 66.7 Å². The highest BCUT2D eigenvalue weighted by Gasteiger charge is 2.22. The van der Waals surface area contributed by atoms with E-state index in [1.54, 1.807) is 6.07 Å². The predicted octanol–water partition coefficient (Wildman–Crippen LogP) is 7.70. The van der Waals surface area contributed by atoms with Crippen LogP contribution in [0.15, 0.2) is 112 Å². The minimum absolute atomic E-state index is 0.0617. The molecule has 2 N–H and O–H groups in total. The number of carbonyl (C=O) groups is 2. The highest BCUT2D eigenvalue weighted by atomic mass is 79.9. The maximum Gasteiger partial charge on any atom is 0.256 e. The van der Waals surface area contributed by atoms with Crippen molar-refractivity contribution in [3.8, 4) is 0 Å². The van der Waals surface area contributed by atoms with Crippen LogP contribution >= 0.6 is 39.0 Å². The number of thioether (sulfide) groups is 1. The van der Waals surface area contributed by atoms with Gasteiger partial charge in [0.1, 0.15) is 0 Å². The molecule has 5 rings (SSSR count). The molecule has 0 saturated carbocycles. The Morgan fingerprint density at radius 3 is 2.16 bits per heavy atom. The first-order chi connectivity index (χ1) is 18.5. The molecule has 8 heteroatoms. The monoisotopic (exact) mass is 601 g/mol. The molecule has 1 heterocycles. The highest BCUT2D eigenvalue weighted by molar-refractivity contribution is 9.10. The maximum atomic E-state index is 13.3. The smallest absolute Gasteiger partial charge is 0.256 e. The van der Waals surface area contributed by atoms with Gasteiger partial charge in [0, 0.05) is 10.2 Å². The van der Waals surface area contributed by atoms with Crippen molar-refractivity contribution in [3.63, 3.8) is 0 Å². The van der Waals surface area contributed by atoms with Crippen LogP contribution in [-0.2, 0) is 4.79 Å². The molecule has 0 spiro atoms. The van der Waals surface area contributed by atoms with E-state index in [-0.39, 0.29) is 23.1 Å². The Morgan fingerprint density at radius 1 is 0.868 bits per heavy atom. The number of hydrogen-bond acceptors (Lipinski definition) is 5. The first kappa shape index (κ1) is 26.2. The minimum atomic E-state index is -0.347. The third-order valence-corrected chi connectivity index (χ3v) is 8.85. The molecule has 1 aromatic heterocycles. The molecular formula is C30H24BrN3O2S2. The largest absolute Gasteiger partial charge is 0.344 e. The van der Waals surface area contributed by atoms with Gasteiger partial charge in [-0.3, -0.25) is 9.59 Å². The van der Waals surface area contributed by atoms with Gasteiger partial charge >= 0.3 is 0 Å². The normalized spacial score (nSPS) is 11.9. The van der Waals surface area contributed by atoms with Gasteiger partial charge in [-0.25, -0.2) is 4.98 Å². The Kier molecular flexibility index (Phi) is 8.22. The quantitative estimate of drug-likeness (QED) is 0.179. The summed E-state index contributed by atoms with van der Waals surface area (Å²) in [5.74, 6) is -0.249. The second-order valence-corrected chi connectivity index (χ2v) is 12.1. The fraction of sp³-hybridized carbons (Fsp3) is 0.100. The number of nitrogens with one attached hydrogen (secondary N) is 2. The first-order valence-corrected chi connectivity index (χ1v) is 14.5. The summed E-state index contributed by atoms with van der Waals surface area (Å²) in [4.78, 5) is 30.6. The van der Waals surface area contributed by atoms with E-state index in [1.807, 2.05) is 104 Å². The van der Waals surface area contributed by atoms with Crippen LogP contribution in [0.25, 0.3) is 10.2 Å². The third-order valence-electron chi connectivity index (χ3n) is 5.94. The number of halogens is 1. The van der Waals surface area contributed by atoms with E-state index < -0.39 is 0 Å². The molecule has 0 unspecified atom stereocenters. The van der Waals surface area contributed by atoms with Gasteiger partial charge < -0.3 is 10.6 Å². The van der Waals surface area contributed by atoms with Gasteiger partial charge in [0.15, 0.2) is 4.34 Å². The van der Waals surface area contributed by atoms with E-state index in [1.165, 1.54) is 23.1 Å². The molecule has 0 aliphatic carbocycles. The van der Waals surface area contributed by atoms with Gasteiger partial charge in [0.05, 0.1) is 27.1 Å². The average molecular weight is 603 g/mol. The van der Waals surface area contributed by atoms with E-state index in [0.717, 1.165) is 30.2 Å². The molecule has 5 aromatic rings. The standard InChI is InChI=1S/C30H24BrN3O2S2/c1-19(28(35)34-27(20-10-4-2-5-11-20)21-12-6-3-7-13-21)37-30-33-25-17-16-22(18-26(25)38-30)32-29(36)23-14-8-9-15-24(23)31/h2-19,27H,1H3,(H,32,36)(H,34,35)/t19-/m1/s1. The highest BCUT2D eigenvalue weighted by Crippen LogP contribution is 2.34. The van der Waals surface area contributed by atoms with E-state index in [2.05, 4.69) is 26.6 Å². The lowest BCUT2D eigenvalue weighted by molar-refractivity contribution is -0.120. The van der Waals surface area contributed by atoms with Gasteiger partial charge in [-0.2, -0.15) is 0 Å². The molecular weight excluding hydrogens is 578 g/mol. The Hall–Kier alpha value is -3.46. The van der Waals surface area contributed by atoms with Gasteiger partial charge in [0.25, 0.3) is 5.91 Å². The fourth-order valence-corrected chi connectivity index (χ4v) is 6.71. The summed E-state index contributed by atoms with van der Waals surface area (Å²) >= 11 is 6.36. The zero-order valence-corrected chi connectivity index (χ0v) is 23.6. The number of hydrogen-bond donors (Lipinski definition) is 2. The van der Waals surface area contributed by atoms with Crippen molar-refractivity contribution in [2.75, 3.05) is 5.32 Å². The second kappa shape index (κ2) is 11.9. The van der Waals surface area contributed by atoms with E-state index in [0.29, 0.717) is 11.3 Å². The number of carbonyl (C=O) groups excluding carboxylic acids is 2. The number of benzene rings is 4. The molecule has 0 bridgehead atoms. The summed E-state index contributed by atoms with van der Waals surface area (Å²) in [6.07, 6.45) is 0. The number of fused-ring (bicyclic) bond motifs is 1. The van der Waals surface area contributed by atoms with Gasteiger partial charge in [0.2, 0.25) is 5.91 Å². The van der Waals surface area contributed by atoms with Crippen molar-refractivity contribution in [2.24, 2.45) is 0 Å². The van der Waals surface area contributed by atoms with Crippen molar-refractivity contribution in [1.29, 1.82) is 0 Å². The molecule has 0 radical (unpaired) electrons. The molecule has 0 saturated heterocycles. The summed E-state index contributed by atoms with van der Waals surface area (Å²) in [6, 6.07) is 32.7. The number of aromatic nitrogens is 1. The Morgan fingerprint density at radius 2 is 1.50 bits per heavy atom. The lowest BCUT2D eigenvalue weighted by Crippen LogP contribution is -2.34. The number of thiazole rings is 1. The van der Waals surface area contributed by atoms with E-state index >= 15 is 0 Å². The topological polar surface area (TPSA) is 71.1 Å². The van der Waals surface area contributed by atoms with Crippen LogP contribution in [0.2, 0.25) is 0 Å². The molecule has 38 heavy (non-hydrogen) atoms. The zero-order chi connectivity index (χ0) is 26.5. The third kappa shape index (κ3) is 6.15. The minimum Gasteiger partial charge on any atom is -0.344 e. The van der Waals surface area contributed by atoms with Gasteiger partial charge in [-0.15, -0.1) is 11.3 Å². The molecule has 0 aliphatic rings. The lowest BCUT2D eigenvalue weighted by atomic mass is 9.98. The molecule has 4 aromatic carbocycles. The second-order valence-electron chi connectivity index (χ2n) is 8.62. The Bertz CT molecular complexity index is 1540. The molecule has 1 atom stereocenters. The SMILES string of the molecule is C[C@@H](Sc1nc2ccc(NC(=O)c3ccccc3Br)cc2s1)C(=O)NC(c1ccccc1)c1ccccc1. The predicted molar refractivity (Wildman–Crippen MR) is 160 cm³/mol. The number of rotatable bonds is 8.